The Morgan fingerprint density at radius 2 is 1.55 bits per heavy atom. The lowest BCUT2D eigenvalue weighted by Gasteiger charge is -2.27. The summed E-state index contributed by atoms with van der Waals surface area (Å²) in [4.78, 5) is 11.7. The van der Waals surface area contributed by atoms with E-state index in [9.17, 15) is 4.79 Å². The Hall–Kier alpha value is -2.13. The molecule has 1 fully saturated rings. The second-order valence-electron chi connectivity index (χ2n) is 5.76. The molecule has 2 unspecified atom stereocenters. The van der Waals surface area contributed by atoms with Crippen LogP contribution in [-0.4, -0.2) is 24.7 Å². The smallest absolute Gasteiger partial charge is 0.323 e. The number of hydrogen-bond acceptors (Lipinski definition) is 3. The van der Waals surface area contributed by atoms with E-state index in [2.05, 4.69) is 60.8 Å². The van der Waals surface area contributed by atoms with Gasteiger partial charge in [-0.05, 0) is 18.1 Å². The largest absolute Gasteiger partial charge is 0.464 e. The molecule has 3 nitrogen and oxygen atoms in total. The summed E-state index contributed by atoms with van der Waals surface area (Å²) in [6, 6.07) is 20.8. The molecule has 1 saturated heterocycles. The molecule has 2 aromatic rings. The number of esters is 1. The average Bonchev–Trinajstić information content (AvgIpc) is 2.95. The molecule has 2 atom stereocenters. The zero-order valence-electron chi connectivity index (χ0n) is 12.7. The molecule has 0 bridgehead atoms. The third-order valence-electron chi connectivity index (χ3n) is 4.22. The number of carbonyl (C=O) groups is 1. The van der Waals surface area contributed by atoms with E-state index < -0.39 is 0 Å². The fourth-order valence-corrected chi connectivity index (χ4v) is 3.15. The van der Waals surface area contributed by atoms with Gasteiger partial charge < -0.3 is 10.1 Å². The third kappa shape index (κ3) is 3.20. The molecular formula is C19H21NO2. The van der Waals surface area contributed by atoms with Crippen LogP contribution >= 0.6 is 0 Å². The van der Waals surface area contributed by atoms with E-state index in [1.165, 1.54) is 11.1 Å². The Balaban J connectivity index is 1.86. The van der Waals surface area contributed by atoms with Gasteiger partial charge in [0.1, 0.15) is 6.04 Å². The minimum Gasteiger partial charge on any atom is -0.464 e. The number of ether oxygens (including phenoxy) is 1. The fraction of sp³-hybridized carbons (Fsp3) is 0.316. The predicted molar refractivity (Wildman–Crippen MR) is 86.7 cm³/mol. The van der Waals surface area contributed by atoms with Gasteiger partial charge in [0, 0.05) is 18.4 Å². The van der Waals surface area contributed by atoms with Crippen molar-refractivity contribution in [2.75, 3.05) is 6.61 Å². The number of cyclic esters (lactones) is 1. The van der Waals surface area contributed by atoms with Gasteiger partial charge in [0.05, 0.1) is 6.61 Å². The van der Waals surface area contributed by atoms with Crippen LogP contribution in [0.2, 0.25) is 0 Å². The second-order valence-corrected chi connectivity index (χ2v) is 5.76. The molecule has 22 heavy (non-hydrogen) atoms. The molecule has 2 aromatic carbocycles. The maximum absolute atomic E-state index is 11.7. The maximum Gasteiger partial charge on any atom is 0.323 e. The van der Waals surface area contributed by atoms with Gasteiger partial charge in [0.2, 0.25) is 0 Å². The fourth-order valence-electron chi connectivity index (χ4n) is 3.15. The minimum absolute atomic E-state index is 0.133. The molecule has 114 valence electrons. The highest BCUT2D eigenvalue weighted by Crippen LogP contribution is 2.28. The van der Waals surface area contributed by atoms with Crippen molar-refractivity contribution >= 4 is 5.97 Å². The summed E-state index contributed by atoms with van der Waals surface area (Å²) in [5.74, 6) is 0.0718. The first-order chi connectivity index (χ1) is 10.8. The lowest BCUT2D eigenvalue weighted by Crippen LogP contribution is -2.42. The van der Waals surface area contributed by atoms with Gasteiger partial charge in [-0.15, -0.1) is 0 Å². The van der Waals surface area contributed by atoms with Gasteiger partial charge in [0.25, 0.3) is 0 Å². The summed E-state index contributed by atoms with van der Waals surface area (Å²) in [5, 5.41) is 3.45. The van der Waals surface area contributed by atoms with Crippen molar-refractivity contribution < 1.29 is 9.53 Å². The Morgan fingerprint density at radius 3 is 2.00 bits per heavy atom. The van der Waals surface area contributed by atoms with Crippen molar-refractivity contribution in [3.8, 4) is 0 Å². The SMILES string of the molecule is CC(NC1CCOC1=O)C(c1ccccc1)c1ccccc1. The normalized spacial score (nSPS) is 19.2. The average molecular weight is 295 g/mol. The van der Waals surface area contributed by atoms with Crippen LogP contribution in [0.3, 0.4) is 0 Å². The number of nitrogens with one attached hydrogen (secondary N) is 1. The Kier molecular flexibility index (Phi) is 4.54. The maximum atomic E-state index is 11.7. The van der Waals surface area contributed by atoms with Crippen LogP contribution in [0, 0.1) is 0 Å². The van der Waals surface area contributed by atoms with E-state index in [1.807, 2.05) is 12.1 Å². The van der Waals surface area contributed by atoms with E-state index in [1.54, 1.807) is 0 Å². The van der Waals surface area contributed by atoms with Gasteiger partial charge in [-0.2, -0.15) is 0 Å². The van der Waals surface area contributed by atoms with E-state index >= 15 is 0 Å². The molecule has 0 saturated carbocycles. The first-order valence-corrected chi connectivity index (χ1v) is 7.78. The summed E-state index contributed by atoms with van der Waals surface area (Å²) in [6.07, 6.45) is 0.749. The lowest BCUT2D eigenvalue weighted by molar-refractivity contribution is -0.139. The van der Waals surface area contributed by atoms with Crippen LogP contribution in [0.25, 0.3) is 0 Å². The topological polar surface area (TPSA) is 38.3 Å². The van der Waals surface area contributed by atoms with Crippen LogP contribution < -0.4 is 5.32 Å². The number of carbonyl (C=O) groups excluding carboxylic acids is 1. The molecule has 3 rings (SSSR count). The van der Waals surface area contributed by atoms with E-state index in [0.29, 0.717) is 6.61 Å². The molecule has 0 radical (unpaired) electrons. The zero-order valence-corrected chi connectivity index (χ0v) is 12.7. The number of rotatable bonds is 5. The molecule has 1 N–H and O–H groups in total. The molecule has 1 aliphatic heterocycles. The molecular weight excluding hydrogens is 274 g/mol. The summed E-state index contributed by atoms with van der Waals surface area (Å²) >= 11 is 0. The second kappa shape index (κ2) is 6.75. The standard InChI is InChI=1S/C19H21NO2/c1-14(20-17-12-13-22-19(17)21)18(15-8-4-2-5-9-15)16-10-6-3-7-11-16/h2-11,14,17-18,20H,12-13H2,1H3. The summed E-state index contributed by atoms with van der Waals surface area (Å²) in [7, 11) is 0. The van der Waals surface area contributed by atoms with E-state index in [-0.39, 0.29) is 24.0 Å². The van der Waals surface area contributed by atoms with Gasteiger partial charge in [0.15, 0.2) is 0 Å². The summed E-state index contributed by atoms with van der Waals surface area (Å²) < 4.78 is 5.06. The Labute approximate surface area is 131 Å². The van der Waals surface area contributed by atoms with Crippen LogP contribution in [0.5, 0.6) is 0 Å². The molecule has 0 aromatic heterocycles. The van der Waals surface area contributed by atoms with Crippen LogP contribution in [-0.2, 0) is 9.53 Å². The van der Waals surface area contributed by atoms with Crippen molar-refractivity contribution in [1.29, 1.82) is 0 Å². The zero-order chi connectivity index (χ0) is 15.4. The quantitative estimate of drug-likeness (QED) is 0.861. The van der Waals surface area contributed by atoms with Crippen molar-refractivity contribution in [1.82, 2.24) is 5.32 Å². The highest BCUT2D eigenvalue weighted by atomic mass is 16.5. The monoisotopic (exact) mass is 295 g/mol. The van der Waals surface area contributed by atoms with Crippen LogP contribution in [0.15, 0.2) is 60.7 Å². The molecule has 0 spiro atoms. The predicted octanol–water partition coefficient (Wildman–Crippen LogP) is 3.11. The van der Waals surface area contributed by atoms with Gasteiger partial charge >= 0.3 is 5.97 Å². The van der Waals surface area contributed by atoms with Crippen molar-refractivity contribution in [3.05, 3.63) is 71.8 Å². The summed E-state index contributed by atoms with van der Waals surface area (Å²) in [6.45, 7) is 2.65. The molecule has 1 heterocycles. The Bertz CT molecular complexity index is 572. The third-order valence-corrected chi connectivity index (χ3v) is 4.22. The van der Waals surface area contributed by atoms with Gasteiger partial charge in [-0.25, -0.2) is 0 Å². The highest BCUT2D eigenvalue weighted by Gasteiger charge is 2.30. The minimum atomic E-state index is -0.190. The number of hydrogen-bond donors (Lipinski definition) is 1. The van der Waals surface area contributed by atoms with Crippen molar-refractivity contribution in [2.45, 2.75) is 31.3 Å². The summed E-state index contributed by atoms with van der Waals surface area (Å²) in [5.41, 5.74) is 2.50. The molecule has 0 aliphatic carbocycles. The highest BCUT2D eigenvalue weighted by molar-refractivity contribution is 5.77. The first kappa shape index (κ1) is 14.8. The molecule has 3 heteroatoms. The van der Waals surface area contributed by atoms with Crippen LogP contribution in [0.4, 0.5) is 0 Å². The van der Waals surface area contributed by atoms with Gasteiger partial charge in [-0.1, -0.05) is 60.7 Å². The van der Waals surface area contributed by atoms with E-state index in [4.69, 9.17) is 4.74 Å². The van der Waals surface area contributed by atoms with E-state index in [0.717, 1.165) is 6.42 Å². The van der Waals surface area contributed by atoms with Crippen LogP contribution in [0.1, 0.15) is 30.4 Å². The van der Waals surface area contributed by atoms with Crippen molar-refractivity contribution in [3.63, 3.8) is 0 Å². The Morgan fingerprint density at radius 1 is 1.00 bits per heavy atom. The number of benzene rings is 2. The first-order valence-electron chi connectivity index (χ1n) is 7.78. The molecule has 0 amide bonds. The van der Waals surface area contributed by atoms with Gasteiger partial charge in [-0.3, -0.25) is 4.79 Å². The molecule has 1 aliphatic rings. The van der Waals surface area contributed by atoms with Crippen molar-refractivity contribution in [2.24, 2.45) is 0 Å². The lowest BCUT2D eigenvalue weighted by atomic mass is 9.85.